The molecule has 4 nitrogen and oxygen atoms in total. The van der Waals surface area contributed by atoms with Gasteiger partial charge in [0.15, 0.2) is 5.43 Å². The summed E-state index contributed by atoms with van der Waals surface area (Å²) in [6.07, 6.45) is -3.03. The molecule has 3 aromatic rings. The molecule has 3 rings (SSSR count). The Labute approximate surface area is 160 Å². The fourth-order valence-corrected chi connectivity index (χ4v) is 3.14. The average molecular weight is 439 g/mol. The van der Waals surface area contributed by atoms with E-state index in [4.69, 9.17) is 0 Å². The molecule has 1 aromatic carbocycles. The van der Waals surface area contributed by atoms with Gasteiger partial charge in [0.25, 0.3) is 0 Å². The summed E-state index contributed by atoms with van der Waals surface area (Å²) in [5, 5.41) is 0. The number of H-pyrrole nitrogens is 2. The van der Waals surface area contributed by atoms with Crippen molar-refractivity contribution in [1.29, 1.82) is 0 Å². The zero-order valence-corrected chi connectivity index (χ0v) is 15.9. The minimum absolute atomic E-state index is 0.185. The van der Waals surface area contributed by atoms with Gasteiger partial charge in [-0.2, -0.15) is 13.2 Å². The van der Waals surface area contributed by atoms with Crippen LogP contribution in [-0.2, 0) is 6.18 Å². The molecule has 0 radical (unpaired) electrons. The van der Waals surface area contributed by atoms with Gasteiger partial charge < -0.3 is 9.97 Å². The van der Waals surface area contributed by atoms with Crippen molar-refractivity contribution in [2.24, 2.45) is 0 Å². The zero-order chi connectivity index (χ0) is 19.9. The van der Waals surface area contributed by atoms with Crippen LogP contribution in [0.3, 0.4) is 0 Å². The molecular formula is C19H14BrF3N2O2. The maximum Gasteiger partial charge on any atom is 0.416 e. The lowest BCUT2D eigenvalue weighted by Gasteiger charge is -2.10. The second-order valence-electron chi connectivity index (χ2n) is 6.09. The Kier molecular flexibility index (Phi) is 4.86. The number of halogens is 4. The van der Waals surface area contributed by atoms with E-state index < -0.39 is 17.2 Å². The second-order valence-corrected chi connectivity index (χ2v) is 6.89. The summed E-state index contributed by atoms with van der Waals surface area (Å²) in [6.45, 7) is 3.43. The summed E-state index contributed by atoms with van der Waals surface area (Å²) in [5.41, 5.74) is 0.937. The zero-order valence-electron chi connectivity index (χ0n) is 14.3. The van der Waals surface area contributed by atoms with Crippen molar-refractivity contribution in [3.05, 3.63) is 78.4 Å². The summed E-state index contributed by atoms with van der Waals surface area (Å²) < 4.78 is 38.3. The summed E-state index contributed by atoms with van der Waals surface area (Å²) in [5.74, 6) is 0. The highest BCUT2D eigenvalue weighted by Gasteiger charge is 2.30. The molecule has 8 heteroatoms. The molecule has 2 aromatic heterocycles. The summed E-state index contributed by atoms with van der Waals surface area (Å²) in [4.78, 5) is 31.0. The van der Waals surface area contributed by atoms with Crippen LogP contribution >= 0.6 is 15.9 Å². The highest BCUT2D eigenvalue weighted by molar-refractivity contribution is 9.10. The predicted octanol–water partition coefficient (Wildman–Crippen LogP) is 4.80. The molecule has 0 amide bonds. The molecule has 0 saturated heterocycles. The average Bonchev–Trinajstić information content (AvgIpc) is 2.60. The first kappa shape index (κ1) is 19.2. The first-order chi connectivity index (χ1) is 12.6. The van der Waals surface area contributed by atoms with E-state index in [1.54, 1.807) is 13.8 Å². The smallest absolute Gasteiger partial charge is 0.361 e. The van der Waals surface area contributed by atoms with Crippen LogP contribution in [0.2, 0.25) is 0 Å². The molecule has 0 unspecified atom stereocenters. The molecule has 0 bridgehead atoms. The number of pyridine rings is 2. The number of aryl methyl sites for hydroxylation is 2. The largest absolute Gasteiger partial charge is 0.416 e. The Hall–Kier alpha value is -2.61. The van der Waals surface area contributed by atoms with Gasteiger partial charge in [-0.1, -0.05) is 12.1 Å². The summed E-state index contributed by atoms with van der Waals surface area (Å²) in [7, 11) is 0. The van der Waals surface area contributed by atoms with Crippen molar-refractivity contribution in [2.75, 3.05) is 0 Å². The van der Waals surface area contributed by atoms with E-state index in [0.717, 1.165) is 12.1 Å². The maximum absolute atomic E-state index is 12.7. The Morgan fingerprint density at radius 1 is 1.00 bits per heavy atom. The molecule has 2 N–H and O–H groups in total. The lowest BCUT2D eigenvalue weighted by atomic mass is 10.0. The van der Waals surface area contributed by atoms with Gasteiger partial charge in [-0.15, -0.1) is 0 Å². The molecule has 0 aliphatic heterocycles. The van der Waals surface area contributed by atoms with E-state index in [0.29, 0.717) is 27.1 Å². The van der Waals surface area contributed by atoms with Crippen LogP contribution in [0.4, 0.5) is 13.2 Å². The number of benzene rings is 1. The molecule has 27 heavy (non-hydrogen) atoms. The molecule has 0 aliphatic rings. The second kappa shape index (κ2) is 6.84. The number of aromatic amines is 2. The number of aromatic nitrogens is 2. The van der Waals surface area contributed by atoms with Gasteiger partial charge in [0.2, 0.25) is 5.43 Å². The van der Waals surface area contributed by atoms with Gasteiger partial charge in [0, 0.05) is 29.3 Å². The SMILES string of the molecule is Cc1[nH]c(C)c(-c2c[nH]c(-c3ccc(C(F)(F)F)cc3)cc2=O)c(=O)c1Br. The van der Waals surface area contributed by atoms with Gasteiger partial charge in [-0.25, -0.2) is 0 Å². The number of alkyl halides is 3. The topological polar surface area (TPSA) is 65.7 Å². The lowest BCUT2D eigenvalue weighted by molar-refractivity contribution is -0.137. The molecule has 0 fully saturated rings. The fraction of sp³-hybridized carbons (Fsp3) is 0.158. The van der Waals surface area contributed by atoms with Gasteiger partial charge in [0.1, 0.15) is 0 Å². The third-order valence-electron chi connectivity index (χ3n) is 4.21. The monoisotopic (exact) mass is 438 g/mol. The van der Waals surface area contributed by atoms with E-state index in [1.165, 1.54) is 24.4 Å². The Morgan fingerprint density at radius 2 is 1.63 bits per heavy atom. The lowest BCUT2D eigenvalue weighted by Crippen LogP contribution is -2.17. The molecule has 0 atom stereocenters. The van der Waals surface area contributed by atoms with Gasteiger partial charge in [0.05, 0.1) is 21.2 Å². The van der Waals surface area contributed by atoms with E-state index in [2.05, 4.69) is 25.9 Å². The van der Waals surface area contributed by atoms with Gasteiger partial charge in [-0.05, 0) is 47.5 Å². The molecule has 0 spiro atoms. The van der Waals surface area contributed by atoms with Crippen molar-refractivity contribution < 1.29 is 13.2 Å². The molecule has 140 valence electrons. The fourth-order valence-electron chi connectivity index (χ4n) is 2.85. The predicted molar refractivity (Wildman–Crippen MR) is 101 cm³/mol. The normalized spacial score (nSPS) is 11.6. The number of nitrogens with one attached hydrogen (secondary N) is 2. The number of rotatable bonds is 2. The van der Waals surface area contributed by atoms with E-state index in [1.807, 2.05) is 0 Å². The van der Waals surface area contributed by atoms with E-state index >= 15 is 0 Å². The third kappa shape index (κ3) is 3.62. The Morgan fingerprint density at radius 3 is 2.19 bits per heavy atom. The highest BCUT2D eigenvalue weighted by Crippen LogP contribution is 2.30. The van der Waals surface area contributed by atoms with E-state index in [9.17, 15) is 22.8 Å². The van der Waals surface area contributed by atoms with Crippen LogP contribution in [0.25, 0.3) is 22.4 Å². The minimum atomic E-state index is -4.42. The van der Waals surface area contributed by atoms with Gasteiger partial charge >= 0.3 is 6.18 Å². The Bertz CT molecular complexity index is 1130. The van der Waals surface area contributed by atoms with Crippen molar-refractivity contribution in [1.82, 2.24) is 9.97 Å². The highest BCUT2D eigenvalue weighted by atomic mass is 79.9. The molecule has 2 heterocycles. The van der Waals surface area contributed by atoms with Gasteiger partial charge in [-0.3, -0.25) is 9.59 Å². The number of hydrogen-bond acceptors (Lipinski definition) is 2. The molecule has 0 saturated carbocycles. The van der Waals surface area contributed by atoms with Crippen molar-refractivity contribution in [2.45, 2.75) is 20.0 Å². The standard InChI is InChI=1S/C19H14BrF3N2O2/c1-9-16(18(27)17(20)10(2)25-9)13-8-24-14(7-15(13)26)11-3-5-12(6-4-11)19(21,22)23/h3-8H,1-2H3,(H,24,26)(H,25,27). The first-order valence-corrected chi connectivity index (χ1v) is 8.68. The summed E-state index contributed by atoms with van der Waals surface area (Å²) in [6, 6.07) is 5.74. The van der Waals surface area contributed by atoms with Crippen LogP contribution in [-0.4, -0.2) is 9.97 Å². The van der Waals surface area contributed by atoms with Crippen LogP contribution in [0.5, 0.6) is 0 Å². The van der Waals surface area contributed by atoms with E-state index in [-0.39, 0.29) is 16.6 Å². The molecular weight excluding hydrogens is 425 g/mol. The first-order valence-electron chi connectivity index (χ1n) is 7.89. The number of hydrogen-bond donors (Lipinski definition) is 2. The quantitative estimate of drug-likeness (QED) is 0.603. The minimum Gasteiger partial charge on any atom is -0.361 e. The Balaban J connectivity index is 2.07. The van der Waals surface area contributed by atoms with Crippen LogP contribution < -0.4 is 10.9 Å². The third-order valence-corrected chi connectivity index (χ3v) is 5.17. The van der Waals surface area contributed by atoms with Crippen LogP contribution in [0.1, 0.15) is 17.0 Å². The van der Waals surface area contributed by atoms with Crippen molar-refractivity contribution in [3.63, 3.8) is 0 Å². The maximum atomic E-state index is 12.7. The molecule has 0 aliphatic carbocycles. The van der Waals surface area contributed by atoms with Crippen molar-refractivity contribution >= 4 is 15.9 Å². The van der Waals surface area contributed by atoms with Crippen LogP contribution in [0, 0.1) is 13.8 Å². The van der Waals surface area contributed by atoms with Crippen LogP contribution in [0.15, 0.2) is 50.6 Å². The summed E-state index contributed by atoms with van der Waals surface area (Å²) >= 11 is 3.21. The van der Waals surface area contributed by atoms with Crippen molar-refractivity contribution in [3.8, 4) is 22.4 Å².